The van der Waals surface area contributed by atoms with Crippen LogP contribution in [0.4, 0.5) is 16.2 Å². The van der Waals surface area contributed by atoms with Crippen molar-refractivity contribution in [2.45, 2.75) is 13.3 Å². The second kappa shape index (κ2) is 7.82. The summed E-state index contributed by atoms with van der Waals surface area (Å²) in [6.07, 6.45) is 0.221. The second-order valence-electron chi connectivity index (χ2n) is 6.67. The number of benzene rings is 2. The van der Waals surface area contributed by atoms with Crippen molar-refractivity contribution in [2.75, 3.05) is 23.3 Å². The molecule has 1 aliphatic rings. The summed E-state index contributed by atoms with van der Waals surface area (Å²) < 4.78 is 0. The van der Waals surface area contributed by atoms with Gasteiger partial charge in [-0.3, -0.25) is 9.69 Å². The number of hydrogen-bond acceptors (Lipinski definition) is 4. The van der Waals surface area contributed by atoms with Gasteiger partial charge < -0.3 is 10.6 Å². The molecule has 2 aromatic carbocycles. The van der Waals surface area contributed by atoms with Crippen LogP contribution in [-0.2, 0) is 11.2 Å². The molecule has 2 heterocycles. The molecule has 0 radical (unpaired) electrons. The monoisotopic (exact) mass is 392 g/mol. The molecular weight excluding hydrogens is 372 g/mol. The number of rotatable bonds is 5. The maximum Gasteiger partial charge on any atom is 0.321 e. The first-order chi connectivity index (χ1) is 13.6. The predicted molar refractivity (Wildman–Crippen MR) is 112 cm³/mol. The van der Waals surface area contributed by atoms with Crippen molar-refractivity contribution in [3.05, 3.63) is 65.2 Å². The highest BCUT2D eigenvalue weighted by atomic mass is 32.1. The summed E-state index contributed by atoms with van der Waals surface area (Å²) in [5.74, 6) is -0.118. The highest BCUT2D eigenvalue weighted by Gasteiger charge is 2.20. The minimum Gasteiger partial charge on any atom is -0.336 e. The number of carbonyl (C=O) groups excluding carboxylic acids is 2. The first-order valence-corrected chi connectivity index (χ1v) is 9.93. The Bertz CT molecular complexity index is 996. The summed E-state index contributed by atoms with van der Waals surface area (Å²) >= 11 is 1.54. The molecular formula is C21H20N4O2S. The molecule has 1 aromatic heterocycles. The van der Waals surface area contributed by atoms with Crippen molar-refractivity contribution in [3.63, 3.8) is 0 Å². The number of hydrogen-bond donors (Lipinski definition) is 2. The van der Waals surface area contributed by atoms with E-state index >= 15 is 0 Å². The molecule has 0 atom stereocenters. The molecule has 7 heteroatoms. The topological polar surface area (TPSA) is 74.3 Å². The van der Waals surface area contributed by atoms with E-state index in [2.05, 4.69) is 27.8 Å². The molecule has 3 amide bonds. The lowest BCUT2D eigenvalue weighted by atomic mass is 10.2. The van der Waals surface area contributed by atoms with E-state index in [9.17, 15) is 9.59 Å². The zero-order valence-corrected chi connectivity index (χ0v) is 16.3. The second-order valence-corrected chi connectivity index (χ2v) is 7.52. The van der Waals surface area contributed by atoms with Gasteiger partial charge in [-0.1, -0.05) is 29.8 Å². The Morgan fingerprint density at radius 1 is 1.18 bits per heavy atom. The van der Waals surface area contributed by atoms with Crippen LogP contribution >= 0.6 is 11.3 Å². The van der Waals surface area contributed by atoms with Crippen LogP contribution in [-0.4, -0.2) is 30.0 Å². The number of amides is 3. The third-order valence-electron chi connectivity index (χ3n) is 4.51. The molecule has 2 N–H and O–H groups in total. The molecule has 0 aliphatic carbocycles. The van der Waals surface area contributed by atoms with E-state index in [0.717, 1.165) is 22.0 Å². The molecule has 142 valence electrons. The number of thiazole rings is 1. The molecule has 0 unspecified atom stereocenters. The zero-order valence-electron chi connectivity index (χ0n) is 15.4. The van der Waals surface area contributed by atoms with E-state index in [0.29, 0.717) is 18.8 Å². The van der Waals surface area contributed by atoms with Crippen molar-refractivity contribution >= 4 is 34.6 Å². The summed E-state index contributed by atoms with van der Waals surface area (Å²) in [6.45, 7) is 3.35. The van der Waals surface area contributed by atoms with E-state index < -0.39 is 0 Å². The van der Waals surface area contributed by atoms with Gasteiger partial charge in [-0.2, -0.15) is 0 Å². The Labute approximate surface area is 167 Å². The SMILES string of the molecule is Cc1ccc(-c2nc(CC(=O)Nc3ccc(N4CCNC4=O)cc3)cs2)cc1. The van der Waals surface area contributed by atoms with Crippen molar-refractivity contribution in [1.82, 2.24) is 10.3 Å². The summed E-state index contributed by atoms with van der Waals surface area (Å²) in [5, 5.41) is 8.49. The molecule has 1 aliphatic heterocycles. The molecule has 3 aromatic rings. The molecule has 6 nitrogen and oxygen atoms in total. The van der Waals surface area contributed by atoms with Crippen LogP contribution in [0.3, 0.4) is 0 Å². The fourth-order valence-electron chi connectivity index (χ4n) is 3.03. The first kappa shape index (κ1) is 18.2. The number of nitrogens with zero attached hydrogens (tertiary/aromatic N) is 2. The Morgan fingerprint density at radius 3 is 2.61 bits per heavy atom. The van der Waals surface area contributed by atoms with Crippen molar-refractivity contribution in [3.8, 4) is 10.6 Å². The maximum atomic E-state index is 12.3. The molecule has 0 saturated carbocycles. The third-order valence-corrected chi connectivity index (χ3v) is 5.45. The molecule has 4 rings (SSSR count). The summed E-state index contributed by atoms with van der Waals surface area (Å²) in [5.41, 5.74) is 4.53. The van der Waals surface area contributed by atoms with E-state index in [4.69, 9.17) is 0 Å². The average molecular weight is 392 g/mol. The Kier molecular flexibility index (Phi) is 5.08. The number of aryl methyl sites for hydroxylation is 1. The Balaban J connectivity index is 1.37. The molecule has 0 spiro atoms. The van der Waals surface area contributed by atoms with E-state index in [1.165, 1.54) is 16.9 Å². The van der Waals surface area contributed by atoms with Gasteiger partial charge in [0.1, 0.15) is 5.01 Å². The molecule has 1 fully saturated rings. The van der Waals surface area contributed by atoms with Crippen LogP contribution in [0.1, 0.15) is 11.3 Å². The normalized spacial score (nSPS) is 13.5. The maximum absolute atomic E-state index is 12.3. The lowest BCUT2D eigenvalue weighted by molar-refractivity contribution is -0.115. The quantitative estimate of drug-likeness (QED) is 0.693. The van der Waals surface area contributed by atoms with Gasteiger partial charge in [0, 0.05) is 35.4 Å². The minimum absolute atomic E-state index is 0.0929. The smallest absolute Gasteiger partial charge is 0.321 e. The fraction of sp³-hybridized carbons (Fsp3) is 0.190. The number of urea groups is 1. The van der Waals surface area contributed by atoms with Gasteiger partial charge in [-0.25, -0.2) is 9.78 Å². The highest BCUT2D eigenvalue weighted by molar-refractivity contribution is 7.13. The van der Waals surface area contributed by atoms with E-state index in [-0.39, 0.29) is 18.4 Å². The summed E-state index contributed by atoms with van der Waals surface area (Å²) in [7, 11) is 0. The van der Waals surface area contributed by atoms with Crippen molar-refractivity contribution in [2.24, 2.45) is 0 Å². The lowest BCUT2D eigenvalue weighted by Gasteiger charge is -2.14. The van der Waals surface area contributed by atoms with Gasteiger partial charge >= 0.3 is 6.03 Å². The largest absolute Gasteiger partial charge is 0.336 e. The number of aromatic nitrogens is 1. The van der Waals surface area contributed by atoms with Crippen LogP contribution in [0.15, 0.2) is 53.9 Å². The van der Waals surface area contributed by atoms with Crippen molar-refractivity contribution < 1.29 is 9.59 Å². The highest BCUT2D eigenvalue weighted by Crippen LogP contribution is 2.24. The summed E-state index contributed by atoms with van der Waals surface area (Å²) in [6, 6.07) is 15.4. The zero-order chi connectivity index (χ0) is 19.5. The minimum atomic E-state index is -0.118. The van der Waals surface area contributed by atoms with Gasteiger partial charge in [0.05, 0.1) is 12.1 Å². The molecule has 1 saturated heterocycles. The van der Waals surface area contributed by atoms with Crippen molar-refractivity contribution in [1.29, 1.82) is 0 Å². The van der Waals surface area contributed by atoms with Gasteiger partial charge in [0.25, 0.3) is 0 Å². The van der Waals surface area contributed by atoms with Gasteiger partial charge in [-0.05, 0) is 31.2 Å². The summed E-state index contributed by atoms with van der Waals surface area (Å²) in [4.78, 5) is 30.3. The third kappa shape index (κ3) is 4.04. The fourth-order valence-corrected chi connectivity index (χ4v) is 3.86. The number of anilines is 2. The van der Waals surface area contributed by atoms with Gasteiger partial charge in [0.2, 0.25) is 5.91 Å². The van der Waals surface area contributed by atoms with Crippen LogP contribution in [0.2, 0.25) is 0 Å². The number of carbonyl (C=O) groups is 2. The van der Waals surface area contributed by atoms with Gasteiger partial charge in [0.15, 0.2) is 0 Å². The Hall–Kier alpha value is -3.19. The standard InChI is InChI=1S/C21H20N4O2S/c1-14-2-4-15(5-3-14)20-24-17(13-28-20)12-19(26)23-16-6-8-18(9-7-16)25-11-10-22-21(25)27/h2-9,13H,10-12H2,1H3,(H,22,27)(H,23,26). The predicted octanol–water partition coefficient (Wildman–Crippen LogP) is 3.83. The average Bonchev–Trinajstić information content (AvgIpc) is 3.32. The Morgan fingerprint density at radius 2 is 1.93 bits per heavy atom. The van der Waals surface area contributed by atoms with E-state index in [1.54, 1.807) is 17.0 Å². The lowest BCUT2D eigenvalue weighted by Crippen LogP contribution is -2.27. The van der Waals surface area contributed by atoms with Crippen LogP contribution in [0.5, 0.6) is 0 Å². The first-order valence-electron chi connectivity index (χ1n) is 9.05. The van der Waals surface area contributed by atoms with Crippen LogP contribution in [0.25, 0.3) is 10.6 Å². The van der Waals surface area contributed by atoms with E-state index in [1.807, 2.05) is 36.6 Å². The molecule has 28 heavy (non-hydrogen) atoms. The molecule has 0 bridgehead atoms. The van der Waals surface area contributed by atoms with Gasteiger partial charge in [-0.15, -0.1) is 11.3 Å². The number of nitrogens with one attached hydrogen (secondary N) is 2. The van der Waals surface area contributed by atoms with Crippen LogP contribution < -0.4 is 15.5 Å². The van der Waals surface area contributed by atoms with Crippen LogP contribution in [0, 0.1) is 6.92 Å².